The summed E-state index contributed by atoms with van der Waals surface area (Å²) in [5.74, 6) is 0.682. The van der Waals surface area contributed by atoms with Gasteiger partial charge in [0.25, 0.3) is 0 Å². The average molecular weight is 391 g/mol. The maximum atomic E-state index is 13.9. The SMILES string of the molecule is COc1cccc(CCC(=O)N2CCN(Cc3c(F)cccc3Cl)CC2)c1. The number of halogens is 2. The molecule has 27 heavy (non-hydrogen) atoms. The van der Waals surface area contributed by atoms with Crippen LogP contribution >= 0.6 is 11.6 Å². The van der Waals surface area contributed by atoms with E-state index in [0.717, 1.165) is 24.4 Å². The molecular weight excluding hydrogens is 367 g/mol. The Labute approximate surface area is 164 Å². The van der Waals surface area contributed by atoms with Crippen LogP contribution in [0.15, 0.2) is 42.5 Å². The predicted octanol–water partition coefficient (Wildman–Crippen LogP) is 3.76. The van der Waals surface area contributed by atoms with Gasteiger partial charge in [-0.1, -0.05) is 29.8 Å². The van der Waals surface area contributed by atoms with Gasteiger partial charge in [-0.05, 0) is 36.2 Å². The highest BCUT2D eigenvalue weighted by Crippen LogP contribution is 2.21. The number of hydrogen-bond donors (Lipinski definition) is 0. The summed E-state index contributed by atoms with van der Waals surface area (Å²) < 4.78 is 19.2. The van der Waals surface area contributed by atoms with Gasteiger partial charge in [0.2, 0.25) is 5.91 Å². The molecule has 0 aliphatic carbocycles. The summed E-state index contributed by atoms with van der Waals surface area (Å²) in [5, 5.41) is 0.451. The Hall–Kier alpha value is -2.11. The van der Waals surface area contributed by atoms with E-state index >= 15 is 0 Å². The number of ether oxygens (including phenoxy) is 1. The summed E-state index contributed by atoms with van der Waals surface area (Å²) in [6, 6.07) is 12.5. The lowest BCUT2D eigenvalue weighted by Crippen LogP contribution is -2.48. The van der Waals surface area contributed by atoms with E-state index in [1.807, 2.05) is 29.2 Å². The molecule has 1 fully saturated rings. The highest BCUT2D eigenvalue weighted by molar-refractivity contribution is 6.31. The minimum Gasteiger partial charge on any atom is -0.497 e. The second-order valence-corrected chi connectivity index (χ2v) is 7.12. The number of amides is 1. The molecule has 0 N–H and O–H groups in total. The molecular formula is C21H24ClFN2O2. The van der Waals surface area contributed by atoms with Crippen LogP contribution in [0.3, 0.4) is 0 Å². The third-order valence-electron chi connectivity index (χ3n) is 4.93. The van der Waals surface area contributed by atoms with E-state index in [4.69, 9.17) is 16.3 Å². The van der Waals surface area contributed by atoms with Crippen molar-refractivity contribution in [3.63, 3.8) is 0 Å². The minimum atomic E-state index is -0.278. The largest absolute Gasteiger partial charge is 0.497 e. The first-order chi connectivity index (χ1) is 13.1. The van der Waals surface area contributed by atoms with Gasteiger partial charge in [-0.15, -0.1) is 0 Å². The van der Waals surface area contributed by atoms with Crippen LogP contribution in [0.1, 0.15) is 17.5 Å². The molecule has 0 atom stereocenters. The molecule has 0 aromatic heterocycles. The molecule has 3 rings (SSSR count). The minimum absolute atomic E-state index is 0.154. The van der Waals surface area contributed by atoms with Crippen molar-refractivity contribution < 1.29 is 13.9 Å². The zero-order valence-corrected chi connectivity index (χ0v) is 16.2. The number of carbonyl (C=O) groups is 1. The standard InChI is InChI=1S/C21H24ClFN2O2/c1-27-17-5-2-4-16(14-17)8-9-21(26)25-12-10-24(11-13-25)15-18-19(22)6-3-7-20(18)23/h2-7,14H,8-13,15H2,1H3. The molecule has 6 heteroatoms. The normalized spacial score (nSPS) is 15.0. The predicted molar refractivity (Wildman–Crippen MR) is 105 cm³/mol. The lowest BCUT2D eigenvalue weighted by molar-refractivity contribution is -0.133. The number of hydrogen-bond acceptors (Lipinski definition) is 3. The molecule has 4 nitrogen and oxygen atoms in total. The van der Waals surface area contributed by atoms with E-state index in [-0.39, 0.29) is 11.7 Å². The van der Waals surface area contributed by atoms with Gasteiger partial charge in [-0.3, -0.25) is 9.69 Å². The average Bonchev–Trinajstić information content (AvgIpc) is 2.69. The van der Waals surface area contributed by atoms with Gasteiger partial charge in [-0.25, -0.2) is 4.39 Å². The zero-order valence-electron chi connectivity index (χ0n) is 15.5. The molecule has 0 spiro atoms. The van der Waals surface area contributed by atoms with E-state index in [9.17, 15) is 9.18 Å². The topological polar surface area (TPSA) is 32.8 Å². The van der Waals surface area contributed by atoms with Gasteiger partial charge in [0.1, 0.15) is 11.6 Å². The van der Waals surface area contributed by atoms with E-state index in [0.29, 0.717) is 43.1 Å². The van der Waals surface area contributed by atoms with E-state index in [2.05, 4.69) is 4.90 Å². The lowest BCUT2D eigenvalue weighted by atomic mass is 10.1. The summed E-state index contributed by atoms with van der Waals surface area (Å²) in [7, 11) is 1.64. The molecule has 0 radical (unpaired) electrons. The third kappa shape index (κ3) is 5.21. The van der Waals surface area contributed by atoms with Crippen molar-refractivity contribution in [2.24, 2.45) is 0 Å². The number of aryl methyl sites for hydroxylation is 1. The highest BCUT2D eigenvalue weighted by atomic mass is 35.5. The van der Waals surface area contributed by atoms with Gasteiger partial charge >= 0.3 is 0 Å². The van der Waals surface area contributed by atoms with Gasteiger partial charge < -0.3 is 9.64 Å². The fraction of sp³-hybridized carbons (Fsp3) is 0.381. The molecule has 1 aliphatic heterocycles. The van der Waals surface area contributed by atoms with E-state index in [1.165, 1.54) is 6.07 Å². The van der Waals surface area contributed by atoms with Crippen LogP contribution in [0, 0.1) is 5.82 Å². The summed E-state index contributed by atoms with van der Waals surface area (Å²) >= 11 is 6.11. The number of methoxy groups -OCH3 is 1. The molecule has 0 bridgehead atoms. The van der Waals surface area contributed by atoms with Crippen molar-refractivity contribution >= 4 is 17.5 Å². The molecule has 1 amide bonds. The number of rotatable bonds is 6. The molecule has 1 saturated heterocycles. The molecule has 1 heterocycles. The van der Waals surface area contributed by atoms with Gasteiger partial charge in [-0.2, -0.15) is 0 Å². The van der Waals surface area contributed by atoms with Crippen molar-refractivity contribution in [1.82, 2.24) is 9.80 Å². The Balaban J connectivity index is 1.47. The number of carbonyl (C=O) groups excluding carboxylic acids is 1. The first kappa shape index (κ1) is 19.6. The lowest BCUT2D eigenvalue weighted by Gasteiger charge is -2.35. The molecule has 0 unspecified atom stereocenters. The van der Waals surface area contributed by atoms with Gasteiger partial charge in [0, 0.05) is 49.7 Å². The monoisotopic (exact) mass is 390 g/mol. The van der Waals surface area contributed by atoms with Gasteiger partial charge in [0.05, 0.1) is 7.11 Å². The van der Waals surface area contributed by atoms with E-state index in [1.54, 1.807) is 19.2 Å². The first-order valence-electron chi connectivity index (χ1n) is 9.13. The van der Waals surface area contributed by atoms with Crippen LogP contribution in [-0.4, -0.2) is 49.0 Å². The Morgan fingerprint density at radius 2 is 1.89 bits per heavy atom. The van der Waals surface area contributed by atoms with Crippen LogP contribution in [0.5, 0.6) is 5.75 Å². The Morgan fingerprint density at radius 3 is 2.59 bits per heavy atom. The molecule has 2 aromatic carbocycles. The Morgan fingerprint density at radius 1 is 1.15 bits per heavy atom. The van der Waals surface area contributed by atoms with Crippen LogP contribution in [-0.2, 0) is 17.8 Å². The number of nitrogens with zero attached hydrogens (tertiary/aromatic N) is 2. The van der Waals surface area contributed by atoms with Crippen LogP contribution in [0.25, 0.3) is 0 Å². The van der Waals surface area contributed by atoms with Crippen molar-refractivity contribution in [2.75, 3.05) is 33.3 Å². The maximum Gasteiger partial charge on any atom is 0.222 e. The summed E-state index contributed by atoms with van der Waals surface area (Å²) in [5.41, 5.74) is 1.62. The first-order valence-corrected chi connectivity index (χ1v) is 9.50. The fourth-order valence-corrected chi connectivity index (χ4v) is 3.52. The zero-order chi connectivity index (χ0) is 19.2. The van der Waals surface area contributed by atoms with Crippen molar-refractivity contribution in [3.05, 3.63) is 64.4 Å². The second kappa shape index (κ2) is 9.20. The van der Waals surface area contributed by atoms with Gasteiger partial charge in [0.15, 0.2) is 0 Å². The third-order valence-corrected chi connectivity index (χ3v) is 5.28. The quantitative estimate of drug-likeness (QED) is 0.752. The number of benzene rings is 2. The van der Waals surface area contributed by atoms with Crippen LogP contribution in [0.2, 0.25) is 5.02 Å². The maximum absolute atomic E-state index is 13.9. The number of piperazine rings is 1. The Bertz CT molecular complexity index is 771. The van der Waals surface area contributed by atoms with E-state index < -0.39 is 0 Å². The fourth-order valence-electron chi connectivity index (χ4n) is 3.30. The molecule has 0 saturated carbocycles. The summed E-state index contributed by atoms with van der Waals surface area (Å²) in [6.45, 7) is 3.22. The van der Waals surface area contributed by atoms with Crippen molar-refractivity contribution in [1.29, 1.82) is 0 Å². The van der Waals surface area contributed by atoms with Crippen molar-refractivity contribution in [3.8, 4) is 5.75 Å². The summed E-state index contributed by atoms with van der Waals surface area (Å²) in [4.78, 5) is 16.5. The van der Waals surface area contributed by atoms with Crippen molar-refractivity contribution in [2.45, 2.75) is 19.4 Å². The Kier molecular flexibility index (Phi) is 6.69. The molecule has 1 aliphatic rings. The second-order valence-electron chi connectivity index (χ2n) is 6.71. The highest BCUT2D eigenvalue weighted by Gasteiger charge is 2.22. The smallest absolute Gasteiger partial charge is 0.222 e. The summed E-state index contributed by atoms with van der Waals surface area (Å²) in [6.07, 6.45) is 1.17. The molecule has 144 valence electrons. The molecule has 2 aromatic rings. The van der Waals surface area contributed by atoms with Crippen LogP contribution in [0.4, 0.5) is 4.39 Å². The van der Waals surface area contributed by atoms with Crippen LogP contribution < -0.4 is 4.74 Å².